The Bertz CT molecular complexity index is 664. The summed E-state index contributed by atoms with van der Waals surface area (Å²) < 4.78 is 12.1. The molecule has 2 aromatic rings. The molecule has 0 unspecified atom stereocenters. The summed E-state index contributed by atoms with van der Waals surface area (Å²) >= 11 is 0. The molecule has 1 fully saturated rings. The number of nitrogens with one attached hydrogen (secondary N) is 1. The lowest BCUT2D eigenvalue weighted by Gasteiger charge is -2.26. The molecule has 110 valence electrons. The molecule has 1 aliphatic rings. The van der Waals surface area contributed by atoms with Crippen LogP contribution < -0.4 is 14.8 Å². The molecule has 7 heteroatoms. The van der Waals surface area contributed by atoms with Gasteiger partial charge >= 0.3 is 0 Å². The monoisotopic (exact) mass is 288 g/mol. The Balaban J connectivity index is 1.91. The minimum atomic E-state index is -0.232. The third-order valence-corrected chi connectivity index (χ3v) is 3.53. The van der Waals surface area contributed by atoms with Crippen molar-refractivity contribution in [3.63, 3.8) is 0 Å². The van der Waals surface area contributed by atoms with E-state index in [0.29, 0.717) is 22.8 Å². The van der Waals surface area contributed by atoms with Crippen molar-refractivity contribution >= 4 is 5.78 Å². The number of ether oxygens (including phenoxy) is 2. The molecule has 0 aliphatic carbocycles. The second-order valence-electron chi connectivity index (χ2n) is 4.79. The Labute approximate surface area is 121 Å². The second-order valence-corrected chi connectivity index (χ2v) is 4.79. The Morgan fingerprint density at radius 3 is 2.76 bits per heavy atom. The second kappa shape index (κ2) is 5.53. The lowest BCUT2D eigenvalue weighted by molar-refractivity contribution is 0.103. The van der Waals surface area contributed by atoms with Crippen LogP contribution in [0.3, 0.4) is 0 Å². The van der Waals surface area contributed by atoms with Gasteiger partial charge in [0.25, 0.3) is 0 Å². The molecule has 1 aromatic heterocycles. The van der Waals surface area contributed by atoms with Crippen LogP contribution >= 0.6 is 0 Å². The molecule has 21 heavy (non-hydrogen) atoms. The highest BCUT2D eigenvalue weighted by Crippen LogP contribution is 2.26. The van der Waals surface area contributed by atoms with E-state index < -0.39 is 0 Å². The van der Waals surface area contributed by atoms with E-state index in [-0.39, 0.29) is 11.8 Å². The third-order valence-electron chi connectivity index (χ3n) is 3.53. The first-order valence-electron chi connectivity index (χ1n) is 6.62. The summed E-state index contributed by atoms with van der Waals surface area (Å²) in [5.74, 6) is 0.847. The summed E-state index contributed by atoms with van der Waals surface area (Å²) in [6, 6.07) is 5.36. The highest BCUT2D eigenvalue weighted by Gasteiger charge is 2.23. The standard InChI is InChI=1S/C14H16N4O3/c1-20-10-3-4-13(21-2)11(5-10)14(19)12-8-18(17-16-12)9-6-15-7-9/h3-5,8-9,15H,6-7H2,1-2H3. The molecule has 0 radical (unpaired) electrons. The van der Waals surface area contributed by atoms with Crippen LogP contribution in [0.2, 0.25) is 0 Å². The number of carbonyl (C=O) groups excluding carboxylic acids is 1. The third kappa shape index (κ3) is 2.47. The van der Waals surface area contributed by atoms with Gasteiger partial charge in [-0.3, -0.25) is 4.79 Å². The molecule has 1 aliphatic heterocycles. The number of ketones is 1. The van der Waals surface area contributed by atoms with Gasteiger partial charge in [0.2, 0.25) is 5.78 Å². The molecule has 0 spiro atoms. The quantitative estimate of drug-likeness (QED) is 0.815. The van der Waals surface area contributed by atoms with Gasteiger partial charge in [-0.25, -0.2) is 4.68 Å². The lowest BCUT2D eigenvalue weighted by atomic mass is 10.1. The minimum Gasteiger partial charge on any atom is -0.497 e. The maximum atomic E-state index is 12.6. The maximum absolute atomic E-state index is 12.6. The van der Waals surface area contributed by atoms with Gasteiger partial charge in [-0.1, -0.05) is 5.21 Å². The van der Waals surface area contributed by atoms with Crippen LogP contribution in [-0.4, -0.2) is 48.1 Å². The molecule has 0 saturated carbocycles. The first-order chi connectivity index (χ1) is 10.2. The number of carbonyl (C=O) groups is 1. The highest BCUT2D eigenvalue weighted by atomic mass is 16.5. The van der Waals surface area contributed by atoms with E-state index >= 15 is 0 Å². The van der Waals surface area contributed by atoms with Crippen molar-refractivity contribution in [2.24, 2.45) is 0 Å². The molecule has 3 rings (SSSR count). The van der Waals surface area contributed by atoms with Gasteiger partial charge in [-0.05, 0) is 18.2 Å². The normalized spacial score (nSPS) is 14.6. The number of nitrogens with zero attached hydrogens (tertiary/aromatic N) is 3. The molecule has 0 amide bonds. The van der Waals surface area contributed by atoms with E-state index in [9.17, 15) is 4.79 Å². The van der Waals surface area contributed by atoms with E-state index in [1.54, 1.807) is 36.2 Å². The van der Waals surface area contributed by atoms with Gasteiger partial charge in [-0.15, -0.1) is 5.10 Å². The maximum Gasteiger partial charge on any atom is 0.218 e. The summed E-state index contributed by atoms with van der Waals surface area (Å²) in [5, 5.41) is 11.1. The van der Waals surface area contributed by atoms with E-state index in [0.717, 1.165) is 13.1 Å². The van der Waals surface area contributed by atoms with Crippen LogP contribution in [0.1, 0.15) is 22.1 Å². The van der Waals surface area contributed by atoms with Crippen LogP contribution in [0, 0.1) is 0 Å². The Kier molecular flexibility index (Phi) is 3.57. The zero-order valence-electron chi connectivity index (χ0n) is 11.9. The molecule has 1 saturated heterocycles. The first-order valence-corrected chi connectivity index (χ1v) is 6.62. The van der Waals surface area contributed by atoms with Crippen LogP contribution in [0.5, 0.6) is 11.5 Å². The van der Waals surface area contributed by atoms with Crippen molar-refractivity contribution < 1.29 is 14.3 Å². The van der Waals surface area contributed by atoms with Crippen LogP contribution in [-0.2, 0) is 0 Å². The van der Waals surface area contributed by atoms with Crippen molar-refractivity contribution in [1.82, 2.24) is 20.3 Å². The Morgan fingerprint density at radius 2 is 2.14 bits per heavy atom. The fraction of sp³-hybridized carbons (Fsp3) is 0.357. The Morgan fingerprint density at radius 1 is 1.33 bits per heavy atom. The van der Waals surface area contributed by atoms with E-state index in [4.69, 9.17) is 9.47 Å². The van der Waals surface area contributed by atoms with Crippen LogP contribution in [0.25, 0.3) is 0 Å². The topological polar surface area (TPSA) is 78.3 Å². The molecular weight excluding hydrogens is 272 g/mol. The van der Waals surface area contributed by atoms with Gasteiger partial charge in [0, 0.05) is 13.1 Å². The molecule has 0 bridgehead atoms. The number of hydrogen-bond acceptors (Lipinski definition) is 6. The van der Waals surface area contributed by atoms with E-state index in [1.165, 1.54) is 7.11 Å². The number of hydrogen-bond donors (Lipinski definition) is 1. The highest BCUT2D eigenvalue weighted by molar-refractivity contribution is 6.09. The SMILES string of the molecule is COc1ccc(OC)c(C(=O)c2cn(C3CNC3)nn2)c1. The predicted molar refractivity (Wildman–Crippen MR) is 74.9 cm³/mol. The predicted octanol–water partition coefficient (Wildman–Crippen LogP) is 0.671. The van der Waals surface area contributed by atoms with Gasteiger partial charge in [0.1, 0.15) is 11.5 Å². The van der Waals surface area contributed by atoms with Crippen molar-refractivity contribution in [1.29, 1.82) is 0 Å². The number of aromatic nitrogens is 3. The van der Waals surface area contributed by atoms with Gasteiger partial charge in [0.15, 0.2) is 5.69 Å². The number of methoxy groups -OCH3 is 2. The van der Waals surface area contributed by atoms with Crippen LogP contribution in [0.4, 0.5) is 0 Å². The molecular formula is C14H16N4O3. The van der Waals surface area contributed by atoms with Crippen molar-refractivity contribution in [2.75, 3.05) is 27.3 Å². The zero-order valence-corrected chi connectivity index (χ0v) is 11.9. The molecule has 2 heterocycles. The lowest BCUT2D eigenvalue weighted by Crippen LogP contribution is -2.43. The van der Waals surface area contributed by atoms with Gasteiger partial charge < -0.3 is 14.8 Å². The van der Waals surface area contributed by atoms with Crippen LogP contribution in [0.15, 0.2) is 24.4 Å². The first kappa shape index (κ1) is 13.6. The summed E-state index contributed by atoms with van der Waals surface area (Å²) in [5.41, 5.74) is 0.712. The zero-order chi connectivity index (χ0) is 14.8. The fourth-order valence-corrected chi connectivity index (χ4v) is 2.15. The summed E-state index contributed by atoms with van der Waals surface area (Å²) in [4.78, 5) is 12.6. The fourth-order valence-electron chi connectivity index (χ4n) is 2.15. The van der Waals surface area contributed by atoms with Crippen molar-refractivity contribution in [3.05, 3.63) is 35.7 Å². The largest absolute Gasteiger partial charge is 0.497 e. The summed E-state index contributed by atoms with van der Waals surface area (Å²) in [6.07, 6.45) is 1.67. The molecule has 1 aromatic carbocycles. The average molecular weight is 288 g/mol. The molecule has 0 atom stereocenters. The smallest absolute Gasteiger partial charge is 0.218 e. The summed E-state index contributed by atoms with van der Waals surface area (Å²) in [7, 11) is 3.07. The number of rotatable bonds is 5. The Hall–Kier alpha value is -2.41. The van der Waals surface area contributed by atoms with E-state index in [1.807, 2.05) is 0 Å². The van der Waals surface area contributed by atoms with Gasteiger partial charge in [-0.2, -0.15) is 0 Å². The average Bonchev–Trinajstić information content (AvgIpc) is 2.93. The van der Waals surface area contributed by atoms with Gasteiger partial charge in [0.05, 0.1) is 32.0 Å². The van der Waals surface area contributed by atoms with Crippen molar-refractivity contribution in [3.8, 4) is 11.5 Å². The summed E-state index contributed by atoms with van der Waals surface area (Å²) in [6.45, 7) is 1.69. The molecule has 1 N–H and O–H groups in total. The van der Waals surface area contributed by atoms with E-state index in [2.05, 4.69) is 15.6 Å². The number of benzene rings is 1. The minimum absolute atomic E-state index is 0.232. The molecule has 7 nitrogen and oxygen atoms in total. The van der Waals surface area contributed by atoms with Crippen molar-refractivity contribution in [2.45, 2.75) is 6.04 Å².